The summed E-state index contributed by atoms with van der Waals surface area (Å²) in [6, 6.07) is -5.43. The number of amides is 3. The van der Waals surface area contributed by atoms with Crippen LogP contribution in [0.4, 0.5) is 0 Å². The van der Waals surface area contributed by atoms with Gasteiger partial charge < -0.3 is 180 Å². The molecule has 0 saturated carbocycles. The quantitative estimate of drug-likeness (QED) is 0.0479. The second kappa shape index (κ2) is 31.1. The second-order valence-electron chi connectivity index (χ2n) is 21.8. The Hall–Kier alpha value is -2.91. The summed E-state index contributed by atoms with van der Waals surface area (Å²) in [7, 11) is 0. The van der Waals surface area contributed by atoms with Crippen LogP contribution in [0, 0.1) is 0 Å². The molecule has 0 aromatic heterocycles. The van der Waals surface area contributed by atoms with Crippen LogP contribution in [0.1, 0.15) is 20.8 Å². The average Bonchev–Trinajstić information content (AvgIpc) is 1.00. The van der Waals surface area contributed by atoms with Gasteiger partial charge >= 0.3 is 0 Å². The molecule has 7 heterocycles. The highest BCUT2D eigenvalue weighted by atomic mass is 16.8. The molecule has 7 fully saturated rings. The van der Waals surface area contributed by atoms with Gasteiger partial charge in [-0.1, -0.05) is 0 Å². The lowest BCUT2D eigenvalue weighted by molar-refractivity contribution is -0.385. The van der Waals surface area contributed by atoms with Gasteiger partial charge in [0.1, 0.15) is 171 Å². The molecule has 0 radical (unpaired) electrons. The summed E-state index contributed by atoms with van der Waals surface area (Å²) in [5.74, 6) is -2.63. The first-order chi connectivity index (χ1) is 41.1. The topological polar surface area (TPSA) is 612 Å². The standard InChI is InChI=1S/C48H81N3O36/c1-11(58)49-21-28(65)37(83-46-33(70)31(68)24(61)14(4-52)77-46)17(7-55)79-43(21)75-10-20-27(64)41(87-45-23(51-13(3)60)29(66)38(18(8-56)81-45)84-47-34(71)32(69)25(62)15(5-53)78-47)36(73)48(82-20)85-39-19(9-57)80-44(22(30(39)67)50-12(2)59)86-40-26(63)16(6-54)76-42(74)35(40)72/h14-48,52-57,61-74H,4-10H2,1-3H3,(H,49,58)(H,50,59)(H,51,60). The molecule has 3 amide bonds. The first-order valence-electron chi connectivity index (χ1n) is 27.6. The largest absolute Gasteiger partial charge is 0.394 e. The molecule has 23 N–H and O–H groups in total. The van der Waals surface area contributed by atoms with E-state index in [0.29, 0.717) is 0 Å². The lowest BCUT2D eigenvalue weighted by Gasteiger charge is -2.51. The second-order valence-corrected chi connectivity index (χ2v) is 21.8. The van der Waals surface area contributed by atoms with E-state index in [0.717, 1.165) is 20.8 Å². The highest BCUT2D eigenvalue weighted by Gasteiger charge is 2.59. The molecule has 0 spiro atoms. The lowest BCUT2D eigenvalue weighted by atomic mass is 9.93. The third-order valence-electron chi connectivity index (χ3n) is 15.7. The first-order valence-corrected chi connectivity index (χ1v) is 27.6. The lowest BCUT2D eigenvalue weighted by Crippen LogP contribution is -2.71. The van der Waals surface area contributed by atoms with Gasteiger partial charge in [-0.25, -0.2) is 0 Å². The van der Waals surface area contributed by atoms with Gasteiger partial charge in [-0.15, -0.1) is 0 Å². The van der Waals surface area contributed by atoms with Crippen molar-refractivity contribution in [1.29, 1.82) is 0 Å². The molecule has 0 aliphatic carbocycles. The number of ether oxygens (including phenoxy) is 13. The molecule has 504 valence electrons. The summed E-state index contributed by atoms with van der Waals surface area (Å²) in [5, 5.41) is 223. The van der Waals surface area contributed by atoms with E-state index < -0.39 is 279 Å². The monoisotopic (exact) mass is 1280 g/mol. The van der Waals surface area contributed by atoms with Gasteiger partial charge in [-0.3, -0.25) is 14.4 Å². The normalized spacial score (nSPS) is 48.9. The molecule has 35 atom stereocenters. The number of carbonyl (C=O) groups is 3. The fourth-order valence-electron chi connectivity index (χ4n) is 11.1. The van der Waals surface area contributed by atoms with Crippen LogP contribution in [0.2, 0.25) is 0 Å². The minimum Gasteiger partial charge on any atom is -0.394 e. The van der Waals surface area contributed by atoms with Gasteiger partial charge in [0.05, 0.1) is 46.2 Å². The summed E-state index contributed by atoms with van der Waals surface area (Å²) in [4.78, 5) is 38.1. The maximum absolute atomic E-state index is 12.8. The molecule has 7 saturated heterocycles. The number of hydrogen-bond acceptors (Lipinski definition) is 36. The van der Waals surface area contributed by atoms with E-state index in [1.807, 2.05) is 0 Å². The van der Waals surface area contributed by atoms with E-state index in [1.165, 1.54) is 0 Å². The van der Waals surface area contributed by atoms with E-state index in [-0.39, 0.29) is 0 Å². The molecular weight excluding hydrogens is 1190 g/mol. The van der Waals surface area contributed by atoms with Gasteiger partial charge in [0.25, 0.3) is 0 Å². The number of carbonyl (C=O) groups excluding carboxylic acids is 3. The van der Waals surface area contributed by atoms with Gasteiger partial charge in [0.2, 0.25) is 17.7 Å². The fourth-order valence-corrected chi connectivity index (χ4v) is 11.1. The predicted molar refractivity (Wildman–Crippen MR) is 267 cm³/mol. The number of nitrogens with one attached hydrogen (secondary N) is 3. The minimum absolute atomic E-state index is 0.848. The molecule has 39 heteroatoms. The Morgan fingerprint density at radius 2 is 0.586 bits per heavy atom. The van der Waals surface area contributed by atoms with Crippen molar-refractivity contribution >= 4 is 17.7 Å². The highest BCUT2D eigenvalue weighted by Crippen LogP contribution is 2.37. The van der Waals surface area contributed by atoms with Gasteiger partial charge in [0, 0.05) is 20.8 Å². The molecule has 35 unspecified atom stereocenters. The van der Waals surface area contributed by atoms with Crippen LogP contribution in [0.15, 0.2) is 0 Å². The molecule has 39 nitrogen and oxygen atoms in total. The Morgan fingerprint density at radius 3 is 0.954 bits per heavy atom. The molecule has 7 rings (SSSR count). The summed E-state index contributed by atoms with van der Waals surface area (Å²) >= 11 is 0. The third-order valence-corrected chi connectivity index (χ3v) is 15.7. The predicted octanol–water partition coefficient (Wildman–Crippen LogP) is -15.8. The average molecular weight is 1280 g/mol. The number of hydrogen-bond donors (Lipinski definition) is 23. The van der Waals surface area contributed by atoms with Crippen molar-refractivity contribution in [1.82, 2.24) is 16.0 Å². The fraction of sp³-hybridized carbons (Fsp3) is 0.938. The van der Waals surface area contributed by atoms with Crippen LogP contribution in [0.25, 0.3) is 0 Å². The van der Waals surface area contributed by atoms with Crippen LogP contribution < -0.4 is 16.0 Å². The smallest absolute Gasteiger partial charge is 0.217 e. The summed E-state index contributed by atoms with van der Waals surface area (Å²) < 4.78 is 75.2. The molecule has 7 aliphatic rings. The van der Waals surface area contributed by atoms with Crippen molar-refractivity contribution in [3.8, 4) is 0 Å². The Labute approximate surface area is 492 Å². The van der Waals surface area contributed by atoms with Crippen molar-refractivity contribution in [3.05, 3.63) is 0 Å². The molecule has 0 aromatic carbocycles. The molecule has 7 aliphatic heterocycles. The highest BCUT2D eigenvalue weighted by molar-refractivity contribution is 5.74. The number of aliphatic hydroxyl groups is 20. The third kappa shape index (κ3) is 15.8. The van der Waals surface area contributed by atoms with E-state index in [2.05, 4.69) is 16.0 Å². The van der Waals surface area contributed by atoms with Crippen LogP contribution >= 0.6 is 0 Å². The number of aliphatic hydroxyl groups excluding tert-OH is 20. The van der Waals surface area contributed by atoms with Crippen molar-refractivity contribution in [3.63, 3.8) is 0 Å². The van der Waals surface area contributed by atoms with E-state index in [1.54, 1.807) is 0 Å². The van der Waals surface area contributed by atoms with Crippen molar-refractivity contribution in [2.24, 2.45) is 0 Å². The Morgan fingerprint density at radius 1 is 0.299 bits per heavy atom. The molecule has 0 bridgehead atoms. The summed E-state index contributed by atoms with van der Waals surface area (Å²) in [6.45, 7) is -3.98. The maximum Gasteiger partial charge on any atom is 0.217 e. The van der Waals surface area contributed by atoms with Crippen LogP contribution in [-0.2, 0) is 76.0 Å². The zero-order valence-electron chi connectivity index (χ0n) is 46.6. The minimum atomic E-state index is -2.38. The van der Waals surface area contributed by atoms with Crippen molar-refractivity contribution in [2.75, 3.05) is 46.2 Å². The summed E-state index contributed by atoms with van der Waals surface area (Å²) in [6.07, 6.45) is -62.3. The van der Waals surface area contributed by atoms with Crippen molar-refractivity contribution < 1.29 is 178 Å². The Bertz CT molecular complexity index is 2190. The van der Waals surface area contributed by atoms with Gasteiger partial charge in [-0.2, -0.15) is 0 Å². The van der Waals surface area contributed by atoms with Crippen molar-refractivity contribution in [2.45, 2.75) is 236 Å². The molecular formula is C48H81N3O36. The first kappa shape index (κ1) is 71.5. The van der Waals surface area contributed by atoms with Crippen LogP contribution in [0.5, 0.6) is 0 Å². The molecule has 0 aromatic rings. The molecule has 87 heavy (non-hydrogen) atoms. The summed E-state index contributed by atoms with van der Waals surface area (Å²) in [5.41, 5.74) is 0. The van der Waals surface area contributed by atoms with E-state index in [4.69, 9.17) is 61.6 Å². The van der Waals surface area contributed by atoms with Gasteiger partial charge in [0.15, 0.2) is 44.0 Å². The van der Waals surface area contributed by atoms with Crippen LogP contribution in [0.3, 0.4) is 0 Å². The van der Waals surface area contributed by atoms with Gasteiger partial charge in [-0.05, 0) is 0 Å². The zero-order chi connectivity index (χ0) is 64.2. The van der Waals surface area contributed by atoms with E-state index in [9.17, 15) is 117 Å². The Balaban J connectivity index is 1.20. The SMILES string of the molecule is CC(=O)NC1C(OCC2OC(OC3C(CO)OC(OC4C(O)C(O)OC(CO)C4O)C(NC(C)=O)C3O)C(O)C(OC3OC(CO)C(OC4OC(CO)C(O)C(O)C4O)C(O)C3NC(C)=O)C2O)OC(CO)C(OC2OC(CO)C(O)C(O)C2O)C1O. The maximum atomic E-state index is 12.8. The van der Waals surface area contributed by atoms with E-state index >= 15 is 0 Å². The number of rotatable bonds is 22. The van der Waals surface area contributed by atoms with Crippen LogP contribution in [-0.4, -0.2) is 381 Å². The zero-order valence-corrected chi connectivity index (χ0v) is 46.6. The Kier molecular flexibility index (Phi) is 25.6.